The summed E-state index contributed by atoms with van der Waals surface area (Å²) in [5, 5.41) is 2.80. The minimum atomic E-state index is -0.646. The van der Waals surface area contributed by atoms with Gasteiger partial charge in [-0.1, -0.05) is 48.0 Å². The lowest BCUT2D eigenvalue weighted by Gasteiger charge is -2.12. The molecule has 2 rings (SSSR count). The standard InChI is InChI=1S/C15H16N2O/c1-11-7-9-13(10-8-11)17-15(18)14(16)12-5-3-2-4-6-12/h2-10,14H,16H2,1H3,(H,17,18)/t14-/m0/s1. The van der Waals surface area contributed by atoms with E-state index < -0.39 is 6.04 Å². The first-order valence-corrected chi connectivity index (χ1v) is 5.85. The second-order valence-electron chi connectivity index (χ2n) is 4.24. The van der Waals surface area contributed by atoms with E-state index in [9.17, 15) is 4.79 Å². The molecule has 1 atom stereocenters. The van der Waals surface area contributed by atoms with Gasteiger partial charge >= 0.3 is 0 Å². The SMILES string of the molecule is Cc1ccc(NC(=O)[C@@H](N)c2ccccc2)cc1. The summed E-state index contributed by atoms with van der Waals surface area (Å²) in [5.41, 5.74) is 8.63. The van der Waals surface area contributed by atoms with E-state index in [0.717, 1.165) is 16.8 Å². The first-order valence-electron chi connectivity index (χ1n) is 5.85. The lowest BCUT2D eigenvalue weighted by atomic mass is 10.1. The van der Waals surface area contributed by atoms with E-state index in [0.29, 0.717) is 0 Å². The van der Waals surface area contributed by atoms with Crippen molar-refractivity contribution in [3.8, 4) is 0 Å². The van der Waals surface area contributed by atoms with Crippen LogP contribution in [0.4, 0.5) is 5.69 Å². The number of nitrogens with one attached hydrogen (secondary N) is 1. The van der Waals surface area contributed by atoms with Gasteiger partial charge in [-0.3, -0.25) is 4.79 Å². The molecule has 2 aromatic carbocycles. The highest BCUT2D eigenvalue weighted by Crippen LogP contribution is 2.14. The van der Waals surface area contributed by atoms with Gasteiger partial charge in [0.05, 0.1) is 0 Å². The Hall–Kier alpha value is -2.13. The number of rotatable bonds is 3. The third-order valence-electron chi connectivity index (χ3n) is 2.76. The van der Waals surface area contributed by atoms with Crippen LogP contribution in [0.2, 0.25) is 0 Å². The number of carbonyl (C=O) groups excluding carboxylic acids is 1. The Morgan fingerprint density at radius 1 is 1.06 bits per heavy atom. The largest absolute Gasteiger partial charge is 0.324 e. The molecule has 0 spiro atoms. The molecule has 0 radical (unpaired) electrons. The number of benzene rings is 2. The Labute approximate surface area is 107 Å². The zero-order valence-electron chi connectivity index (χ0n) is 10.3. The van der Waals surface area contributed by atoms with Gasteiger partial charge in [-0.05, 0) is 24.6 Å². The second-order valence-corrected chi connectivity index (χ2v) is 4.24. The smallest absolute Gasteiger partial charge is 0.245 e. The molecule has 3 nitrogen and oxygen atoms in total. The maximum Gasteiger partial charge on any atom is 0.245 e. The van der Waals surface area contributed by atoms with Crippen LogP contribution >= 0.6 is 0 Å². The van der Waals surface area contributed by atoms with Crippen LogP contribution < -0.4 is 11.1 Å². The molecule has 1 amide bonds. The lowest BCUT2D eigenvalue weighted by molar-refractivity contribution is -0.117. The predicted octanol–water partition coefficient (Wildman–Crippen LogP) is 2.63. The Bertz CT molecular complexity index is 520. The first-order chi connectivity index (χ1) is 8.66. The highest BCUT2D eigenvalue weighted by molar-refractivity contribution is 5.95. The van der Waals surface area contributed by atoms with Crippen molar-refractivity contribution in [2.75, 3.05) is 5.32 Å². The number of aryl methyl sites for hydroxylation is 1. The number of hydrogen-bond acceptors (Lipinski definition) is 2. The summed E-state index contributed by atoms with van der Waals surface area (Å²) in [6.07, 6.45) is 0. The molecule has 0 unspecified atom stereocenters. The summed E-state index contributed by atoms with van der Waals surface area (Å²) in [4.78, 5) is 12.0. The van der Waals surface area contributed by atoms with Crippen LogP contribution in [0.3, 0.4) is 0 Å². The fourth-order valence-corrected chi connectivity index (χ4v) is 1.67. The van der Waals surface area contributed by atoms with E-state index in [1.807, 2.05) is 61.5 Å². The van der Waals surface area contributed by atoms with Gasteiger partial charge in [0.2, 0.25) is 5.91 Å². The first kappa shape index (κ1) is 12.3. The maximum atomic E-state index is 12.0. The zero-order valence-corrected chi connectivity index (χ0v) is 10.3. The summed E-state index contributed by atoms with van der Waals surface area (Å²) >= 11 is 0. The fraction of sp³-hybridized carbons (Fsp3) is 0.133. The Morgan fingerprint density at radius 3 is 2.28 bits per heavy atom. The number of nitrogens with two attached hydrogens (primary N) is 1. The van der Waals surface area contributed by atoms with Crippen molar-refractivity contribution in [1.82, 2.24) is 0 Å². The molecule has 0 heterocycles. The Morgan fingerprint density at radius 2 is 1.67 bits per heavy atom. The molecule has 2 aromatic rings. The van der Waals surface area contributed by atoms with Crippen molar-refractivity contribution in [2.45, 2.75) is 13.0 Å². The van der Waals surface area contributed by atoms with Crippen LogP contribution in [0.5, 0.6) is 0 Å². The van der Waals surface area contributed by atoms with E-state index in [2.05, 4.69) is 5.32 Å². The van der Waals surface area contributed by atoms with E-state index in [1.165, 1.54) is 0 Å². The molecule has 0 aliphatic carbocycles. The van der Waals surface area contributed by atoms with Crippen LogP contribution in [-0.4, -0.2) is 5.91 Å². The summed E-state index contributed by atoms with van der Waals surface area (Å²) in [6, 6.07) is 16.3. The van der Waals surface area contributed by atoms with Crippen molar-refractivity contribution < 1.29 is 4.79 Å². The molecule has 0 aromatic heterocycles. The van der Waals surface area contributed by atoms with E-state index in [1.54, 1.807) is 0 Å². The number of carbonyl (C=O) groups is 1. The number of anilines is 1. The molecule has 3 heteroatoms. The topological polar surface area (TPSA) is 55.1 Å². The normalized spacial score (nSPS) is 11.9. The molecule has 0 bridgehead atoms. The lowest BCUT2D eigenvalue weighted by Crippen LogP contribution is -2.27. The Kier molecular flexibility index (Phi) is 3.75. The van der Waals surface area contributed by atoms with Crippen molar-refractivity contribution in [3.05, 3.63) is 65.7 Å². The Balaban J connectivity index is 2.06. The van der Waals surface area contributed by atoms with Gasteiger partial charge in [0.15, 0.2) is 0 Å². The van der Waals surface area contributed by atoms with E-state index >= 15 is 0 Å². The van der Waals surface area contributed by atoms with Crippen molar-refractivity contribution in [1.29, 1.82) is 0 Å². The second kappa shape index (κ2) is 5.47. The maximum absolute atomic E-state index is 12.0. The van der Waals surface area contributed by atoms with Crippen LogP contribution in [-0.2, 0) is 4.79 Å². The van der Waals surface area contributed by atoms with Gasteiger partial charge in [0.25, 0.3) is 0 Å². The third kappa shape index (κ3) is 2.96. The monoisotopic (exact) mass is 240 g/mol. The van der Waals surface area contributed by atoms with Crippen molar-refractivity contribution >= 4 is 11.6 Å². The molecule has 0 saturated carbocycles. The molecule has 92 valence electrons. The van der Waals surface area contributed by atoms with Crippen LogP contribution in [0.25, 0.3) is 0 Å². The van der Waals surface area contributed by atoms with Gasteiger partial charge < -0.3 is 11.1 Å². The highest BCUT2D eigenvalue weighted by atomic mass is 16.2. The molecule has 0 fully saturated rings. The van der Waals surface area contributed by atoms with Gasteiger partial charge in [0, 0.05) is 5.69 Å². The molecule has 0 aliphatic rings. The van der Waals surface area contributed by atoms with Crippen LogP contribution in [0, 0.1) is 6.92 Å². The fourth-order valence-electron chi connectivity index (χ4n) is 1.67. The summed E-state index contributed by atoms with van der Waals surface area (Å²) in [5.74, 6) is -0.204. The molecular formula is C15H16N2O. The highest BCUT2D eigenvalue weighted by Gasteiger charge is 2.15. The van der Waals surface area contributed by atoms with Gasteiger partial charge in [-0.25, -0.2) is 0 Å². The quantitative estimate of drug-likeness (QED) is 0.866. The number of hydrogen-bond donors (Lipinski definition) is 2. The van der Waals surface area contributed by atoms with Crippen LogP contribution in [0.15, 0.2) is 54.6 Å². The predicted molar refractivity (Wildman–Crippen MR) is 73.2 cm³/mol. The van der Waals surface area contributed by atoms with Gasteiger partial charge in [0.1, 0.15) is 6.04 Å². The zero-order chi connectivity index (χ0) is 13.0. The molecule has 0 aliphatic heterocycles. The molecule has 0 saturated heterocycles. The van der Waals surface area contributed by atoms with Crippen molar-refractivity contribution in [2.24, 2.45) is 5.73 Å². The average molecular weight is 240 g/mol. The third-order valence-corrected chi connectivity index (χ3v) is 2.76. The molecule has 3 N–H and O–H groups in total. The minimum absolute atomic E-state index is 0.204. The van der Waals surface area contributed by atoms with Gasteiger partial charge in [-0.2, -0.15) is 0 Å². The summed E-state index contributed by atoms with van der Waals surface area (Å²) in [7, 11) is 0. The molecule has 18 heavy (non-hydrogen) atoms. The number of amides is 1. The summed E-state index contributed by atoms with van der Waals surface area (Å²) < 4.78 is 0. The average Bonchev–Trinajstić information content (AvgIpc) is 2.41. The van der Waals surface area contributed by atoms with E-state index in [-0.39, 0.29) is 5.91 Å². The summed E-state index contributed by atoms with van der Waals surface area (Å²) in [6.45, 7) is 2.00. The van der Waals surface area contributed by atoms with E-state index in [4.69, 9.17) is 5.73 Å². The van der Waals surface area contributed by atoms with Gasteiger partial charge in [-0.15, -0.1) is 0 Å². The van der Waals surface area contributed by atoms with Crippen molar-refractivity contribution in [3.63, 3.8) is 0 Å². The molecular weight excluding hydrogens is 224 g/mol. The minimum Gasteiger partial charge on any atom is -0.324 e. The van der Waals surface area contributed by atoms with Crippen LogP contribution in [0.1, 0.15) is 17.2 Å².